The number of rotatable bonds is 4. The van der Waals surface area contributed by atoms with Gasteiger partial charge in [-0.25, -0.2) is 0 Å². The van der Waals surface area contributed by atoms with Crippen LogP contribution in [0.5, 0.6) is 5.75 Å². The molecule has 1 aliphatic heterocycles. The van der Waals surface area contributed by atoms with Crippen molar-refractivity contribution in [2.45, 2.75) is 19.1 Å². The van der Waals surface area contributed by atoms with E-state index in [0.717, 1.165) is 5.75 Å². The van der Waals surface area contributed by atoms with Crippen molar-refractivity contribution >= 4 is 5.91 Å². The van der Waals surface area contributed by atoms with Gasteiger partial charge in [-0.05, 0) is 31.2 Å². The van der Waals surface area contributed by atoms with Gasteiger partial charge in [0.05, 0.1) is 18.8 Å². The Morgan fingerprint density at radius 2 is 2.11 bits per heavy atom. The first-order valence-corrected chi connectivity index (χ1v) is 6.52. The highest BCUT2D eigenvalue weighted by Gasteiger charge is 2.31. The molecule has 104 valence electrons. The molecule has 0 unspecified atom stereocenters. The van der Waals surface area contributed by atoms with Crippen LogP contribution in [0.1, 0.15) is 17.3 Å². The van der Waals surface area contributed by atoms with E-state index in [-0.39, 0.29) is 11.9 Å². The number of ether oxygens (including phenoxy) is 1. The predicted molar refractivity (Wildman–Crippen MR) is 72.4 cm³/mol. The predicted octanol–water partition coefficient (Wildman–Crippen LogP) is 0.490. The lowest BCUT2D eigenvalue weighted by Gasteiger charge is -2.26. The number of nitrogens with zero attached hydrogens (tertiary/aromatic N) is 1. The number of hydrogen-bond acceptors (Lipinski definition) is 4. The minimum Gasteiger partial charge on any atom is -0.494 e. The first kappa shape index (κ1) is 13.8. The molecular weight excluding hydrogens is 244 g/mol. The fourth-order valence-corrected chi connectivity index (χ4v) is 2.26. The van der Waals surface area contributed by atoms with Gasteiger partial charge in [0, 0.05) is 25.7 Å². The van der Waals surface area contributed by atoms with Crippen LogP contribution in [0.25, 0.3) is 0 Å². The molecule has 0 radical (unpaired) electrons. The van der Waals surface area contributed by atoms with E-state index >= 15 is 0 Å². The second-order valence-corrected chi connectivity index (χ2v) is 4.67. The molecule has 1 aromatic rings. The summed E-state index contributed by atoms with van der Waals surface area (Å²) in [7, 11) is 1.72. The zero-order valence-electron chi connectivity index (χ0n) is 11.3. The largest absolute Gasteiger partial charge is 0.494 e. The molecular formula is C14H20N2O3. The third-order valence-electron chi connectivity index (χ3n) is 3.38. The van der Waals surface area contributed by atoms with Crippen molar-refractivity contribution in [3.8, 4) is 5.75 Å². The Bertz CT molecular complexity index is 433. The molecule has 0 saturated carbocycles. The number of likely N-dealkylation sites (N-methyl/N-ethyl adjacent to an activating group) is 1. The molecule has 1 heterocycles. The lowest BCUT2D eigenvalue weighted by molar-refractivity contribution is 0.0581. The van der Waals surface area contributed by atoms with Gasteiger partial charge in [-0.1, -0.05) is 0 Å². The minimum absolute atomic E-state index is 0.0872. The maximum Gasteiger partial charge on any atom is 0.253 e. The number of amides is 1. The van der Waals surface area contributed by atoms with Crippen LogP contribution in [-0.4, -0.2) is 54.8 Å². The number of β-amino-alcohol motifs (C(OH)–C–C–N with tert-alkyl or cyclic N) is 1. The third kappa shape index (κ3) is 3.05. The SMILES string of the molecule is CCOc1ccc(C(=O)N(C)[C@H]2CNC[C@@H]2O)cc1. The fourth-order valence-electron chi connectivity index (χ4n) is 2.26. The second kappa shape index (κ2) is 6.04. The van der Waals surface area contributed by atoms with Crippen LogP contribution in [0.2, 0.25) is 0 Å². The van der Waals surface area contributed by atoms with Crippen molar-refractivity contribution in [3.05, 3.63) is 29.8 Å². The zero-order valence-corrected chi connectivity index (χ0v) is 11.3. The van der Waals surface area contributed by atoms with E-state index in [1.165, 1.54) is 0 Å². The molecule has 1 saturated heterocycles. The number of hydrogen-bond donors (Lipinski definition) is 2. The van der Waals surface area contributed by atoms with E-state index in [0.29, 0.717) is 25.3 Å². The third-order valence-corrected chi connectivity index (χ3v) is 3.38. The van der Waals surface area contributed by atoms with Crippen LogP contribution in [0, 0.1) is 0 Å². The van der Waals surface area contributed by atoms with Gasteiger partial charge >= 0.3 is 0 Å². The highest BCUT2D eigenvalue weighted by Crippen LogP contribution is 2.16. The molecule has 1 aliphatic rings. The average Bonchev–Trinajstić information content (AvgIpc) is 2.84. The van der Waals surface area contributed by atoms with Crippen LogP contribution in [0.3, 0.4) is 0 Å². The highest BCUT2D eigenvalue weighted by atomic mass is 16.5. The van der Waals surface area contributed by atoms with Gasteiger partial charge in [0.25, 0.3) is 5.91 Å². The summed E-state index contributed by atoms with van der Waals surface area (Å²) in [4.78, 5) is 13.9. The smallest absolute Gasteiger partial charge is 0.253 e. The average molecular weight is 264 g/mol. The topological polar surface area (TPSA) is 61.8 Å². The maximum absolute atomic E-state index is 12.3. The van der Waals surface area contributed by atoms with Gasteiger partial charge in [-0.3, -0.25) is 4.79 Å². The molecule has 5 nitrogen and oxygen atoms in total. The summed E-state index contributed by atoms with van der Waals surface area (Å²) in [5.74, 6) is 0.667. The minimum atomic E-state index is -0.503. The Morgan fingerprint density at radius 3 is 2.63 bits per heavy atom. The number of nitrogens with one attached hydrogen (secondary N) is 1. The van der Waals surface area contributed by atoms with Crippen molar-refractivity contribution in [1.82, 2.24) is 10.2 Å². The molecule has 2 rings (SSSR count). The van der Waals surface area contributed by atoms with Gasteiger partial charge in [0.1, 0.15) is 5.75 Å². The number of carbonyl (C=O) groups is 1. The molecule has 2 N–H and O–H groups in total. The quantitative estimate of drug-likeness (QED) is 0.831. The van der Waals surface area contributed by atoms with Gasteiger partial charge in [0.15, 0.2) is 0 Å². The summed E-state index contributed by atoms with van der Waals surface area (Å²) in [5, 5.41) is 12.9. The normalized spacial score (nSPS) is 22.3. The lowest BCUT2D eigenvalue weighted by Crippen LogP contribution is -2.44. The first-order valence-electron chi connectivity index (χ1n) is 6.52. The molecule has 0 aromatic heterocycles. The second-order valence-electron chi connectivity index (χ2n) is 4.67. The van der Waals surface area contributed by atoms with E-state index in [4.69, 9.17) is 4.74 Å². The molecule has 1 fully saturated rings. The lowest BCUT2D eigenvalue weighted by atomic mass is 10.1. The van der Waals surface area contributed by atoms with Crippen LogP contribution in [0.15, 0.2) is 24.3 Å². The summed E-state index contributed by atoms with van der Waals surface area (Å²) in [5.41, 5.74) is 0.602. The number of aliphatic hydroxyl groups excluding tert-OH is 1. The molecule has 2 atom stereocenters. The Balaban J connectivity index is 2.06. The fraction of sp³-hybridized carbons (Fsp3) is 0.500. The van der Waals surface area contributed by atoms with E-state index < -0.39 is 6.10 Å². The summed E-state index contributed by atoms with van der Waals surface area (Å²) in [6.07, 6.45) is -0.503. The monoisotopic (exact) mass is 264 g/mol. The molecule has 0 aliphatic carbocycles. The van der Waals surface area contributed by atoms with Gasteiger partial charge in [-0.2, -0.15) is 0 Å². The summed E-state index contributed by atoms with van der Waals surface area (Å²) < 4.78 is 5.34. The Hall–Kier alpha value is -1.59. The highest BCUT2D eigenvalue weighted by molar-refractivity contribution is 5.94. The first-order chi connectivity index (χ1) is 9.13. The molecule has 1 amide bonds. The van der Waals surface area contributed by atoms with Crippen LogP contribution in [0.4, 0.5) is 0 Å². The molecule has 0 bridgehead atoms. The Labute approximate surface area is 113 Å². The summed E-state index contributed by atoms with van der Waals surface area (Å²) in [6.45, 7) is 3.68. The van der Waals surface area contributed by atoms with Crippen molar-refractivity contribution in [1.29, 1.82) is 0 Å². The van der Waals surface area contributed by atoms with Gasteiger partial charge in [-0.15, -0.1) is 0 Å². The number of aliphatic hydroxyl groups is 1. The zero-order chi connectivity index (χ0) is 13.8. The maximum atomic E-state index is 12.3. The Kier molecular flexibility index (Phi) is 4.39. The molecule has 19 heavy (non-hydrogen) atoms. The molecule has 5 heteroatoms. The van der Waals surface area contributed by atoms with Crippen LogP contribution < -0.4 is 10.1 Å². The van der Waals surface area contributed by atoms with Crippen molar-refractivity contribution in [2.24, 2.45) is 0 Å². The van der Waals surface area contributed by atoms with E-state index in [2.05, 4.69) is 5.32 Å². The molecule has 1 aromatic carbocycles. The Morgan fingerprint density at radius 1 is 1.42 bits per heavy atom. The van der Waals surface area contributed by atoms with Gasteiger partial charge in [0.2, 0.25) is 0 Å². The molecule has 0 spiro atoms. The van der Waals surface area contributed by atoms with Crippen molar-refractivity contribution in [2.75, 3.05) is 26.7 Å². The van der Waals surface area contributed by atoms with E-state index in [9.17, 15) is 9.90 Å². The number of carbonyl (C=O) groups excluding carboxylic acids is 1. The summed E-state index contributed by atoms with van der Waals surface area (Å²) >= 11 is 0. The van der Waals surface area contributed by atoms with Crippen molar-refractivity contribution < 1.29 is 14.6 Å². The summed E-state index contributed by atoms with van der Waals surface area (Å²) in [6, 6.07) is 6.90. The standard InChI is InChI=1S/C14H20N2O3/c1-3-19-11-6-4-10(5-7-11)14(18)16(2)12-8-15-9-13(12)17/h4-7,12-13,15,17H,3,8-9H2,1-2H3/t12-,13-/m0/s1. The number of benzene rings is 1. The van der Waals surface area contributed by atoms with E-state index in [1.807, 2.05) is 6.92 Å². The van der Waals surface area contributed by atoms with Crippen LogP contribution >= 0.6 is 0 Å². The van der Waals surface area contributed by atoms with Gasteiger partial charge < -0.3 is 20.1 Å². The van der Waals surface area contributed by atoms with E-state index in [1.54, 1.807) is 36.2 Å². The van der Waals surface area contributed by atoms with Crippen molar-refractivity contribution in [3.63, 3.8) is 0 Å². The van der Waals surface area contributed by atoms with Crippen LogP contribution in [-0.2, 0) is 0 Å².